The highest BCUT2D eigenvalue weighted by Gasteiger charge is 2.20. The van der Waals surface area contributed by atoms with Crippen LogP contribution in [0.5, 0.6) is 0 Å². The summed E-state index contributed by atoms with van der Waals surface area (Å²) in [6.45, 7) is 2.16. The van der Waals surface area contributed by atoms with Gasteiger partial charge in [0.15, 0.2) is 0 Å². The number of fused-ring (bicyclic) bond motifs is 1. The van der Waals surface area contributed by atoms with Gasteiger partial charge in [-0.2, -0.15) is 0 Å². The van der Waals surface area contributed by atoms with Gasteiger partial charge >= 0.3 is 0 Å². The SMILES string of the molecule is Brc1ccn2c(C3CCNC3)ncc2c1. The van der Waals surface area contributed by atoms with E-state index >= 15 is 0 Å². The first-order chi connectivity index (χ1) is 7.34. The molecule has 0 bridgehead atoms. The summed E-state index contributed by atoms with van der Waals surface area (Å²) in [6.07, 6.45) is 5.22. The van der Waals surface area contributed by atoms with Crippen molar-refractivity contribution in [3.05, 3.63) is 34.8 Å². The summed E-state index contributed by atoms with van der Waals surface area (Å²) in [6, 6.07) is 4.15. The zero-order chi connectivity index (χ0) is 10.3. The number of hydrogen-bond donors (Lipinski definition) is 1. The Balaban J connectivity index is 2.11. The second-order valence-corrected chi connectivity index (χ2v) is 4.86. The highest BCUT2D eigenvalue weighted by Crippen LogP contribution is 2.23. The highest BCUT2D eigenvalue weighted by atomic mass is 79.9. The molecule has 15 heavy (non-hydrogen) atoms. The number of nitrogens with zero attached hydrogens (tertiary/aromatic N) is 2. The minimum Gasteiger partial charge on any atom is -0.316 e. The van der Waals surface area contributed by atoms with E-state index in [2.05, 4.69) is 49.0 Å². The van der Waals surface area contributed by atoms with Crippen molar-refractivity contribution < 1.29 is 0 Å². The van der Waals surface area contributed by atoms with Crippen molar-refractivity contribution in [3.8, 4) is 0 Å². The number of pyridine rings is 1. The third kappa shape index (κ3) is 1.58. The number of aromatic nitrogens is 2. The summed E-state index contributed by atoms with van der Waals surface area (Å²) in [4.78, 5) is 4.52. The molecule has 4 heteroatoms. The molecule has 0 radical (unpaired) electrons. The third-order valence-corrected chi connectivity index (χ3v) is 3.44. The lowest BCUT2D eigenvalue weighted by atomic mass is 10.1. The lowest BCUT2D eigenvalue weighted by Gasteiger charge is -2.07. The second kappa shape index (κ2) is 3.61. The zero-order valence-corrected chi connectivity index (χ0v) is 9.87. The van der Waals surface area contributed by atoms with E-state index < -0.39 is 0 Å². The first kappa shape index (κ1) is 9.36. The molecule has 1 aliphatic rings. The van der Waals surface area contributed by atoms with Gasteiger partial charge in [0.1, 0.15) is 5.82 Å². The van der Waals surface area contributed by atoms with Gasteiger partial charge in [0, 0.05) is 23.1 Å². The molecule has 0 spiro atoms. The van der Waals surface area contributed by atoms with Crippen molar-refractivity contribution in [3.63, 3.8) is 0 Å². The Bertz CT molecular complexity index is 486. The molecule has 3 heterocycles. The van der Waals surface area contributed by atoms with Crippen molar-refractivity contribution in [1.29, 1.82) is 0 Å². The van der Waals surface area contributed by atoms with Gasteiger partial charge in [-0.15, -0.1) is 0 Å². The molecular formula is C11H12BrN3. The van der Waals surface area contributed by atoms with Crippen LogP contribution in [-0.4, -0.2) is 22.5 Å². The van der Waals surface area contributed by atoms with Crippen LogP contribution in [0.1, 0.15) is 18.2 Å². The maximum atomic E-state index is 4.52. The molecule has 0 aliphatic carbocycles. The summed E-state index contributed by atoms with van der Waals surface area (Å²) in [5.74, 6) is 1.75. The lowest BCUT2D eigenvalue weighted by Crippen LogP contribution is -2.10. The van der Waals surface area contributed by atoms with Crippen LogP contribution in [-0.2, 0) is 0 Å². The molecule has 3 rings (SSSR count). The molecule has 1 N–H and O–H groups in total. The predicted molar refractivity (Wildman–Crippen MR) is 63.1 cm³/mol. The molecule has 1 fully saturated rings. The molecule has 0 aromatic carbocycles. The molecule has 0 amide bonds. The predicted octanol–water partition coefficient (Wildman–Crippen LogP) is 2.17. The molecule has 1 atom stereocenters. The molecule has 78 valence electrons. The van der Waals surface area contributed by atoms with Crippen molar-refractivity contribution >= 4 is 21.4 Å². The molecule has 1 unspecified atom stereocenters. The number of halogens is 1. The lowest BCUT2D eigenvalue weighted by molar-refractivity contribution is 0.698. The zero-order valence-electron chi connectivity index (χ0n) is 8.28. The van der Waals surface area contributed by atoms with Crippen molar-refractivity contribution in [2.75, 3.05) is 13.1 Å². The molecule has 0 saturated carbocycles. The van der Waals surface area contributed by atoms with Crippen LogP contribution in [0.4, 0.5) is 0 Å². The summed E-state index contributed by atoms with van der Waals surface area (Å²) in [7, 11) is 0. The minimum absolute atomic E-state index is 0.564. The number of nitrogens with one attached hydrogen (secondary N) is 1. The topological polar surface area (TPSA) is 29.3 Å². The first-order valence-corrected chi connectivity index (χ1v) is 5.97. The van der Waals surface area contributed by atoms with Gasteiger partial charge in [-0.05, 0) is 25.1 Å². The van der Waals surface area contributed by atoms with E-state index in [0.717, 1.165) is 23.1 Å². The summed E-state index contributed by atoms with van der Waals surface area (Å²) in [5, 5.41) is 3.37. The van der Waals surface area contributed by atoms with Gasteiger partial charge < -0.3 is 9.72 Å². The smallest absolute Gasteiger partial charge is 0.117 e. The van der Waals surface area contributed by atoms with E-state index in [1.807, 2.05) is 6.20 Å². The molecule has 1 aliphatic heterocycles. The van der Waals surface area contributed by atoms with E-state index in [-0.39, 0.29) is 0 Å². The Kier molecular flexibility index (Phi) is 2.25. The maximum Gasteiger partial charge on any atom is 0.117 e. The average Bonchev–Trinajstić information content (AvgIpc) is 2.82. The van der Waals surface area contributed by atoms with Gasteiger partial charge in [-0.25, -0.2) is 4.98 Å². The van der Waals surface area contributed by atoms with E-state index in [1.54, 1.807) is 0 Å². The maximum absolute atomic E-state index is 4.52. The molecular weight excluding hydrogens is 254 g/mol. The average molecular weight is 266 g/mol. The number of imidazole rings is 1. The van der Waals surface area contributed by atoms with Crippen LogP contribution < -0.4 is 5.32 Å². The Hall–Kier alpha value is -0.870. The number of rotatable bonds is 1. The largest absolute Gasteiger partial charge is 0.316 e. The fraction of sp³-hybridized carbons (Fsp3) is 0.364. The van der Waals surface area contributed by atoms with Crippen LogP contribution in [0, 0.1) is 0 Å². The third-order valence-electron chi connectivity index (χ3n) is 2.95. The Morgan fingerprint density at radius 2 is 2.47 bits per heavy atom. The highest BCUT2D eigenvalue weighted by molar-refractivity contribution is 9.10. The minimum atomic E-state index is 0.564. The Labute approximate surface area is 96.6 Å². The van der Waals surface area contributed by atoms with Gasteiger partial charge in [-0.3, -0.25) is 0 Å². The molecule has 2 aromatic heterocycles. The van der Waals surface area contributed by atoms with Crippen LogP contribution in [0.25, 0.3) is 5.52 Å². The molecule has 1 saturated heterocycles. The van der Waals surface area contributed by atoms with E-state index in [1.165, 1.54) is 12.2 Å². The summed E-state index contributed by atoms with van der Waals surface area (Å²) < 4.78 is 3.29. The van der Waals surface area contributed by atoms with Crippen LogP contribution >= 0.6 is 15.9 Å². The van der Waals surface area contributed by atoms with Crippen molar-refractivity contribution in [1.82, 2.24) is 14.7 Å². The summed E-state index contributed by atoms with van der Waals surface area (Å²) >= 11 is 3.47. The van der Waals surface area contributed by atoms with E-state index in [4.69, 9.17) is 0 Å². The monoisotopic (exact) mass is 265 g/mol. The quantitative estimate of drug-likeness (QED) is 0.857. The van der Waals surface area contributed by atoms with Crippen molar-refractivity contribution in [2.24, 2.45) is 0 Å². The van der Waals surface area contributed by atoms with Gasteiger partial charge in [0.2, 0.25) is 0 Å². The normalized spacial score (nSPS) is 21.3. The number of hydrogen-bond acceptors (Lipinski definition) is 2. The second-order valence-electron chi connectivity index (χ2n) is 3.95. The van der Waals surface area contributed by atoms with Gasteiger partial charge in [0.25, 0.3) is 0 Å². The van der Waals surface area contributed by atoms with E-state index in [9.17, 15) is 0 Å². The fourth-order valence-electron chi connectivity index (χ4n) is 2.17. The first-order valence-electron chi connectivity index (χ1n) is 5.18. The fourth-order valence-corrected chi connectivity index (χ4v) is 2.52. The van der Waals surface area contributed by atoms with Crippen LogP contribution in [0.3, 0.4) is 0 Å². The Morgan fingerprint density at radius 3 is 3.27 bits per heavy atom. The van der Waals surface area contributed by atoms with Crippen LogP contribution in [0.2, 0.25) is 0 Å². The van der Waals surface area contributed by atoms with Crippen molar-refractivity contribution in [2.45, 2.75) is 12.3 Å². The van der Waals surface area contributed by atoms with Crippen LogP contribution in [0.15, 0.2) is 29.0 Å². The molecule has 3 nitrogen and oxygen atoms in total. The van der Waals surface area contributed by atoms with E-state index in [0.29, 0.717) is 5.92 Å². The molecule has 2 aromatic rings. The van der Waals surface area contributed by atoms with Gasteiger partial charge in [-0.1, -0.05) is 15.9 Å². The standard InChI is InChI=1S/C11H12BrN3/c12-9-2-4-15-10(5-9)7-14-11(15)8-1-3-13-6-8/h2,4-5,7-8,13H,1,3,6H2. The summed E-state index contributed by atoms with van der Waals surface area (Å²) in [5.41, 5.74) is 1.16. The van der Waals surface area contributed by atoms with Gasteiger partial charge in [0.05, 0.1) is 11.7 Å². The Morgan fingerprint density at radius 1 is 1.53 bits per heavy atom.